The van der Waals surface area contributed by atoms with Crippen LogP contribution in [0.25, 0.3) is 0 Å². The van der Waals surface area contributed by atoms with Crippen molar-refractivity contribution in [2.45, 2.75) is 19.8 Å². The van der Waals surface area contributed by atoms with Crippen LogP contribution in [0.4, 0.5) is 5.82 Å². The molecule has 96 valence electrons. The van der Waals surface area contributed by atoms with Crippen LogP contribution in [0.1, 0.15) is 19.8 Å². The van der Waals surface area contributed by atoms with Crippen LogP contribution in [0.5, 0.6) is 0 Å². The van der Waals surface area contributed by atoms with Crippen molar-refractivity contribution in [3.8, 4) is 0 Å². The predicted molar refractivity (Wildman–Crippen MR) is 73.5 cm³/mol. The summed E-state index contributed by atoms with van der Waals surface area (Å²) < 4.78 is 5.40. The molecule has 0 spiro atoms. The summed E-state index contributed by atoms with van der Waals surface area (Å²) in [4.78, 5) is 4.04. The molecule has 0 bridgehead atoms. The Bertz CT molecular complexity index is 361. The Labute approximate surface area is 116 Å². The Morgan fingerprint density at radius 1 is 1.24 bits per heavy atom. The molecular formula is C11H15Cl3N2O. The third-order valence-electron chi connectivity index (χ3n) is 2.07. The summed E-state index contributed by atoms with van der Waals surface area (Å²) in [6.45, 7) is 4.15. The van der Waals surface area contributed by atoms with Gasteiger partial charge in [0.25, 0.3) is 0 Å². The van der Waals surface area contributed by atoms with E-state index in [0.717, 1.165) is 19.4 Å². The van der Waals surface area contributed by atoms with E-state index >= 15 is 0 Å². The number of nitrogens with one attached hydrogen (secondary N) is 1. The molecule has 1 N–H and O–H groups in total. The van der Waals surface area contributed by atoms with Crippen LogP contribution in [0.2, 0.25) is 15.2 Å². The summed E-state index contributed by atoms with van der Waals surface area (Å²) in [5.74, 6) is 0.528. The van der Waals surface area contributed by atoms with Gasteiger partial charge in [-0.3, -0.25) is 0 Å². The van der Waals surface area contributed by atoms with Crippen molar-refractivity contribution in [3.63, 3.8) is 0 Å². The highest BCUT2D eigenvalue weighted by Gasteiger charge is 2.06. The molecule has 0 aliphatic heterocycles. The maximum atomic E-state index is 5.96. The van der Waals surface area contributed by atoms with E-state index in [0.29, 0.717) is 29.0 Å². The van der Waals surface area contributed by atoms with Gasteiger partial charge < -0.3 is 10.1 Å². The zero-order valence-corrected chi connectivity index (χ0v) is 11.9. The molecule has 0 aromatic carbocycles. The topological polar surface area (TPSA) is 34.1 Å². The zero-order chi connectivity index (χ0) is 12.7. The van der Waals surface area contributed by atoms with Crippen LogP contribution < -0.4 is 5.32 Å². The van der Waals surface area contributed by atoms with Crippen molar-refractivity contribution >= 4 is 40.6 Å². The first kappa shape index (κ1) is 14.8. The average Bonchev–Trinajstić information content (AvgIpc) is 2.30. The number of hydrogen-bond donors (Lipinski definition) is 1. The third kappa shape index (κ3) is 5.30. The Balaban J connectivity index is 2.34. The van der Waals surface area contributed by atoms with Crippen molar-refractivity contribution in [3.05, 3.63) is 21.3 Å². The largest absolute Gasteiger partial charge is 0.380 e. The number of unbranched alkanes of at least 4 members (excludes halogenated alkanes) is 1. The maximum absolute atomic E-state index is 5.96. The molecule has 0 aliphatic rings. The van der Waals surface area contributed by atoms with Gasteiger partial charge in [0.2, 0.25) is 0 Å². The second kappa shape index (κ2) is 7.98. The van der Waals surface area contributed by atoms with Crippen molar-refractivity contribution in [1.29, 1.82) is 0 Å². The predicted octanol–water partition coefficient (Wildman–Crippen LogP) is 4.27. The van der Waals surface area contributed by atoms with Gasteiger partial charge >= 0.3 is 0 Å². The lowest BCUT2D eigenvalue weighted by atomic mass is 10.4. The summed E-state index contributed by atoms with van der Waals surface area (Å²) in [6.07, 6.45) is 2.21. The molecule has 0 aliphatic carbocycles. The normalized spacial score (nSPS) is 10.6. The van der Waals surface area contributed by atoms with E-state index < -0.39 is 0 Å². The van der Waals surface area contributed by atoms with Crippen LogP contribution in [-0.2, 0) is 4.74 Å². The monoisotopic (exact) mass is 296 g/mol. The van der Waals surface area contributed by atoms with Gasteiger partial charge in [0.1, 0.15) is 11.0 Å². The highest BCUT2D eigenvalue weighted by atomic mass is 35.5. The summed E-state index contributed by atoms with van der Waals surface area (Å²) in [6, 6.07) is 1.57. The van der Waals surface area contributed by atoms with E-state index in [1.54, 1.807) is 6.07 Å². The van der Waals surface area contributed by atoms with E-state index in [-0.39, 0.29) is 5.15 Å². The summed E-state index contributed by atoms with van der Waals surface area (Å²) in [5, 5.41) is 4.09. The minimum absolute atomic E-state index is 0.241. The third-order valence-corrected chi connectivity index (χ3v) is 3.03. The smallest absolute Gasteiger partial charge is 0.150 e. The molecule has 0 amide bonds. The van der Waals surface area contributed by atoms with E-state index in [2.05, 4.69) is 17.2 Å². The first-order valence-electron chi connectivity index (χ1n) is 5.48. The molecule has 6 heteroatoms. The quantitative estimate of drug-likeness (QED) is 0.603. The molecule has 0 fully saturated rings. The van der Waals surface area contributed by atoms with Gasteiger partial charge in [0.05, 0.1) is 16.7 Å². The van der Waals surface area contributed by atoms with Crippen LogP contribution in [0.3, 0.4) is 0 Å². The van der Waals surface area contributed by atoms with Gasteiger partial charge in [0.15, 0.2) is 0 Å². The molecule has 3 nitrogen and oxygen atoms in total. The Morgan fingerprint density at radius 3 is 2.71 bits per heavy atom. The number of anilines is 1. The summed E-state index contributed by atoms with van der Waals surface area (Å²) in [5.41, 5.74) is 0. The lowest BCUT2D eigenvalue weighted by Crippen LogP contribution is -2.11. The number of nitrogens with zero attached hydrogens (tertiary/aromatic N) is 1. The number of aromatic nitrogens is 1. The van der Waals surface area contributed by atoms with Crippen molar-refractivity contribution in [1.82, 2.24) is 4.98 Å². The van der Waals surface area contributed by atoms with Gasteiger partial charge in [-0.2, -0.15) is 0 Å². The highest BCUT2D eigenvalue weighted by molar-refractivity contribution is 6.42. The minimum atomic E-state index is 0.241. The van der Waals surface area contributed by atoms with Gasteiger partial charge in [0, 0.05) is 13.2 Å². The SMILES string of the molecule is CCCCOCCNc1nc(Cl)c(Cl)cc1Cl. The fourth-order valence-electron chi connectivity index (χ4n) is 1.16. The van der Waals surface area contributed by atoms with E-state index in [9.17, 15) is 0 Å². The van der Waals surface area contributed by atoms with Gasteiger partial charge in [-0.25, -0.2) is 4.98 Å². The van der Waals surface area contributed by atoms with Gasteiger partial charge in [-0.05, 0) is 12.5 Å². The molecule has 1 heterocycles. The number of pyridine rings is 1. The summed E-state index contributed by atoms with van der Waals surface area (Å²) >= 11 is 17.5. The van der Waals surface area contributed by atoms with Crippen molar-refractivity contribution in [2.75, 3.05) is 25.1 Å². The Hall–Kier alpha value is -0.220. The van der Waals surface area contributed by atoms with E-state index in [4.69, 9.17) is 39.5 Å². The van der Waals surface area contributed by atoms with Crippen LogP contribution in [0.15, 0.2) is 6.07 Å². The number of ether oxygens (including phenoxy) is 1. The van der Waals surface area contributed by atoms with Crippen LogP contribution in [0, 0.1) is 0 Å². The first-order valence-corrected chi connectivity index (χ1v) is 6.61. The van der Waals surface area contributed by atoms with Gasteiger partial charge in [-0.15, -0.1) is 0 Å². The molecule has 1 aromatic rings. The van der Waals surface area contributed by atoms with Crippen molar-refractivity contribution < 1.29 is 4.74 Å². The van der Waals surface area contributed by atoms with E-state index in [1.807, 2.05) is 0 Å². The molecule has 0 radical (unpaired) electrons. The molecule has 17 heavy (non-hydrogen) atoms. The van der Waals surface area contributed by atoms with Crippen LogP contribution >= 0.6 is 34.8 Å². The highest BCUT2D eigenvalue weighted by Crippen LogP contribution is 2.28. The fraction of sp³-hybridized carbons (Fsp3) is 0.545. The lowest BCUT2D eigenvalue weighted by Gasteiger charge is -2.08. The standard InChI is InChI=1S/C11H15Cl3N2O/c1-2-3-5-17-6-4-15-11-9(13)7-8(12)10(14)16-11/h7H,2-6H2,1H3,(H,15,16). The second-order valence-corrected chi connectivity index (χ2v) is 4.66. The van der Waals surface area contributed by atoms with E-state index in [1.165, 1.54) is 0 Å². The Kier molecular flexibility index (Phi) is 6.97. The Morgan fingerprint density at radius 2 is 2.00 bits per heavy atom. The number of halogens is 3. The molecule has 0 saturated carbocycles. The lowest BCUT2D eigenvalue weighted by molar-refractivity contribution is 0.141. The fourth-order valence-corrected chi connectivity index (χ4v) is 1.72. The molecule has 0 unspecified atom stereocenters. The number of rotatable bonds is 7. The van der Waals surface area contributed by atoms with Gasteiger partial charge in [-0.1, -0.05) is 48.1 Å². The zero-order valence-electron chi connectivity index (χ0n) is 9.60. The molecule has 1 rings (SSSR count). The summed E-state index contributed by atoms with van der Waals surface area (Å²) in [7, 11) is 0. The minimum Gasteiger partial charge on any atom is -0.380 e. The van der Waals surface area contributed by atoms with Crippen molar-refractivity contribution in [2.24, 2.45) is 0 Å². The second-order valence-electron chi connectivity index (χ2n) is 3.48. The molecule has 1 aromatic heterocycles. The molecule has 0 saturated heterocycles. The molecular weight excluding hydrogens is 282 g/mol. The van der Waals surface area contributed by atoms with Crippen LogP contribution in [-0.4, -0.2) is 24.7 Å². The first-order chi connectivity index (χ1) is 8.15. The average molecular weight is 298 g/mol. The maximum Gasteiger partial charge on any atom is 0.150 e. The molecule has 0 atom stereocenters. The number of hydrogen-bond acceptors (Lipinski definition) is 3.